The number of pyridine rings is 1. The minimum absolute atomic E-state index is 0.0553. The first kappa shape index (κ1) is 21.4. The standard InChI is InChI=1S/C20H17ClF4N4O2/c21-15-8-14(22)4-5-16(15)31-11-18(30)28-7-1-2-12(9-28)19-27-26-17-6-3-13(10-29(17)19)20(23,24)25/h3-6,8,10,12H,1-2,7,9,11H2/t12-/m0/s1. The molecule has 1 saturated heterocycles. The summed E-state index contributed by atoms with van der Waals surface area (Å²) in [5.41, 5.74) is -0.491. The molecule has 6 nitrogen and oxygen atoms in total. The summed E-state index contributed by atoms with van der Waals surface area (Å²) in [6.45, 7) is 0.466. The Hall–Kier alpha value is -2.88. The van der Waals surface area contributed by atoms with E-state index in [9.17, 15) is 22.4 Å². The molecule has 11 heteroatoms. The van der Waals surface area contributed by atoms with Gasteiger partial charge in [-0.05, 0) is 43.2 Å². The van der Waals surface area contributed by atoms with Crippen LogP contribution in [0.2, 0.25) is 5.02 Å². The summed E-state index contributed by atoms with van der Waals surface area (Å²) in [5.74, 6) is -0.536. The zero-order valence-electron chi connectivity index (χ0n) is 16.1. The first-order valence-electron chi connectivity index (χ1n) is 9.50. The summed E-state index contributed by atoms with van der Waals surface area (Å²) >= 11 is 5.90. The van der Waals surface area contributed by atoms with Crippen LogP contribution in [0.3, 0.4) is 0 Å². The van der Waals surface area contributed by atoms with Crippen molar-refractivity contribution in [3.05, 3.63) is 58.8 Å². The van der Waals surface area contributed by atoms with E-state index >= 15 is 0 Å². The third-order valence-electron chi connectivity index (χ3n) is 5.14. The Kier molecular flexibility index (Phi) is 5.74. The Labute approximate surface area is 179 Å². The Morgan fingerprint density at radius 2 is 2.03 bits per heavy atom. The average Bonchev–Trinajstić information content (AvgIpc) is 3.16. The fourth-order valence-electron chi connectivity index (χ4n) is 3.59. The lowest BCUT2D eigenvalue weighted by molar-refractivity contribution is -0.138. The van der Waals surface area contributed by atoms with Gasteiger partial charge < -0.3 is 9.64 Å². The number of carbonyl (C=O) groups is 1. The maximum atomic E-state index is 13.1. The first-order valence-corrected chi connectivity index (χ1v) is 9.87. The molecular weight excluding hydrogens is 440 g/mol. The lowest BCUT2D eigenvalue weighted by Crippen LogP contribution is -2.42. The molecule has 0 unspecified atom stereocenters. The molecule has 3 heterocycles. The zero-order chi connectivity index (χ0) is 22.2. The number of nitrogens with zero attached hydrogens (tertiary/aromatic N) is 4. The number of hydrogen-bond acceptors (Lipinski definition) is 4. The Morgan fingerprint density at radius 1 is 1.23 bits per heavy atom. The Balaban J connectivity index is 1.47. The van der Waals surface area contributed by atoms with Crippen molar-refractivity contribution in [2.24, 2.45) is 0 Å². The van der Waals surface area contributed by atoms with Crippen molar-refractivity contribution in [3.8, 4) is 5.75 Å². The zero-order valence-corrected chi connectivity index (χ0v) is 16.8. The van der Waals surface area contributed by atoms with Gasteiger partial charge in [0.1, 0.15) is 17.4 Å². The van der Waals surface area contributed by atoms with Crippen LogP contribution in [0.15, 0.2) is 36.5 Å². The fourth-order valence-corrected chi connectivity index (χ4v) is 3.81. The molecule has 0 radical (unpaired) electrons. The summed E-state index contributed by atoms with van der Waals surface area (Å²) in [7, 11) is 0. The van der Waals surface area contributed by atoms with Crippen molar-refractivity contribution in [1.29, 1.82) is 0 Å². The van der Waals surface area contributed by atoms with E-state index in [1.54, 1.807) is 4.90 Å². The summed E-state index contributed by atoms with van der Waals surface area (Å²) in [5, 5.41) is 8.08. The highest BCUT2D eigenvalue weighted by Gasteiger charge is 2.33. The van der Waals surface area contributed by atoms with Gasteiger partial charge in [-0.2, -0.15) is 13.2 Å². The number of likely N-dealkylation sites (tertiary alicyclic amines) is 1. The largest absolute Gasteiger partial charge is 0.482 e. The second kappa shape index (κ2) is 8.33. The summed E-state index contributed by atoms with van der Waals surface area (Å²) in [4.78, 5) is 14.2. The molecule has 164 valence electrons. The number of piperidine rings is 1. The van der Waals surface area contributed by atoms with Gasteiger partial charge in [0.05, 0.1) is 10.6 Å². The van der Waals surface area contributed by atoms with Crippen molar-refractivity contribution >= 4 is 23.2 Å². The van der Waals surface area contributed by atoms with E-state index in [0.717, 1.165) is 18.3 Å². The van der Waals surface area contributed by atoms with Gasteiger partial charge in [-0.15, -0.1) is 10.2 Å². The third kappa shape index (κ3) is 4.58. The molecule has 2 aromatic heterocycles. The summed E-state index contributed by atoms with van der Waals surface area (Å²) in [6, 6.07) is 5.83. The van der Waals surface area contributed by atoms with Crippen molar-refractivity contribution < 1.29 is 27.1 Å². The second-order valence-corrected chi connectivity index (χ2v) is 7.65. The molecule has 0 aliphatic carbocycles. The molecule has 0 saturated carbocycles. The number of hydrogen-bond donors (Lipinski definition) is 0. The second-order valence-electron chi connectivity index (χ2n) is 7.24. The van der Waals surface area contributed by atoms with Gasteiger partial charge in [0.2, 0.25) is 0 Å². The SMILES string of the molecule is O=C(COc1ccc(F)cc1Cl)N1CCC[C@H](c2nnc3ccc(C(F)(F)F)cn23)C1. The minimum Gasteiger partial charge on any atom is -0.482 e. The van der Waals surface area contributed by atoms with E-state index < -0.39 is 17.6 Å². The van der Waals surface area contributed by atoms with Crippen LogP contribution in [0.1, 0.15) is 30.1 Å². The van der Waals surface area contributed by atoms with Crippen LogP contribution in [0, 0.1) is 5.82 Å². The number of halogens is 5. The van der Waals surface area contributed by atoms with Gasteiger partial charge in [-0.3, -0.25) is 9.20 Å². The smallest absolute Gasteiger partial charge is 0.417 e. The molecule has 0 bridgehead atoms. The first-order chi connectivity index (χ1) is 14.7. The number of ether oxygens (including phenoxy) is 1. The maximum Gasteiger partial charge on any atom is 0.417 e. The molecule has 1 atom stereocenters. The molecule has 1 aliphatic heterocycles. The Morgan fingerprint density at radius 3 is 2.77 bits per heavy atom. The van der Waals surface area contributed by atoms with Crippen molar-refractivity contribution in [1.82, 2.24) is 19.5 Å². The van der Waals surface area contributed by atoms with E-state index in [1.165, 1.54) is 22.6 Å². The molecule has 1 aliphatic rings. The molecule has 1 fully saturated rings. The third-order valence-corrected chi connectivity index (χ3v) is 5.44. The average molecular weight is 457 g/mol. The van der Waals surface area contributed by atoms with E-state index in [1.807, 2.05) is 0 Å². The van der Waals surface area contributed by atoms with Gasteiger partial charge in [0, 0.05) is 25.2 Å². The van der Waals surface area contributed by atoms with Crippen LogP contribution in [-0.2, 0) is 11.0 Å². The van der Waals surface area contributed by atoms with Gasteiger partial charge in [-0.1, -0.05) is 11.6 Å². The number of carbonyl (C=O) groups excluding carboxylic acids is 1. The van der Waals surface area contributed by atoms with Gasteiger partial charge >= 0.3 is 6.18 Å². The molecule has 3 aromatic rings. The molecule has 1 aromatic carbocycles. The molecule has 1 amide bonds. The van der Waals surface area contributed by atoms with Crippen LogP contribution < -0.4 is 4.74 Å². The van der Waals surface area contributed by atoms with E-state index in [4.69, 9.17) is 16.3 Å². The summed E-state index contributed by atoms with van der Waals surface area (Å²) in [6.07, 6.45) is -2.19. The van der Waals surface area contributed by atoms with Crippen LogP contribution in [0.5, 0.6) is 5.75 Å². The van der Waals surface area contributed by atoms with Crippen molar-refractivity contribution in [3.63, 3.8) is 0 Å². The van der Waals surface area contributed by atoms with Crippen LogP contribution in [0.25, 0.3) is 5.65 Å². The van der Waals surface area contributed by atoms with Gasteiger partial charge in [0.15, 0.2) is 12.3 Å². The lowest BCUT2D eigenvalue weighted by atomic mass is 9.97. The highest BCUT2D eigenvalue weighted by atomic mass is 35.5. The highest BCUT2D eigenvalue weighted by molar-refractivity contribution is 6.32. The van der Waals surface area contributed by atoms with Crippen LogP contribution >= 0.6 is 11.6 Å². The molecular formula is C20H17ClF4N4O2. The normalized spacial score (nSPS) is 17.2. The van der Waals surface area contributed by atoms with Crippen LogP contribution in [-0.4, -0.2) is 45.1 Å². The van der Waals surface area contributed by atoms with Crippen molar-refractivity contribution in [2.75, 3.05) is 19.7 Å². The highest BCUT2D eigenvalue weighted by Crippen LogP contribution is 2.31. The molecule has 31 heavy (non-hydrogen) atoms. The Bertz CT molecular complexity index is 1120. The van der Waals surface area contributed by atoms with Gasteiger partial charge in [0.25, 0.3) is 5.91 Å². The predicted octanol–water partition coefficient (Wildman–Crippen LogP) is 4.33. The molecule has 0 spiro atoms. The summed E-state index contributed by atoms with van der Waals surface area (Å²) < 4.78 is 59.1. The number of aromatic nitrogens is 3. The minimum atomic E-state index is -4.48. The number of rotatable bonds is 4. The quantitative estimate of drug-likeness (QED) is 0.548. The number of benzene rings is 1. The number of fused-ring (bicyclic) bond motifs is 1. The van der Waals surface area contributed by atoms with Crippen LogP contribution in [0.4, 0.5) is 17.6 Å². The predicted molar refractivity (Wildman–Crippen MR) is 103 cm³/mol. The number of alkyl halides is 3. The molecule has 4 rings (SSSR count). The number of amides is 1. The maximum absolute atomic E-state index is 13.1. The van der Waals surface area contributed by atoms with E-state index in [2.05, 4.69) is 10.2 Å². The van der Waals surface area contributed by atoms with E-state index in [0.29, 0.717) is 30.9 Å². The van der Waals surface area contributed by atoms with Crippen molar-refractivity contribution in [2.45, 2.75) is 24.9 Å². The lowest BCUT2D eigenvalue weighted by Gasteiger charge is -2.32. The molecule has 0 N–H and O–H groups in total. The van der Waals surface area contributed by atoms with Gasteiger partial charge in [-0.25, -0.2) is 4.39 Å². The fraction of sp³-hybridized carbons (Fsp3) is 0.350. The monoisotopic (exact) mass is 456 g/mol. The topological polar surface area (TPSA) is 59.7 Å². The van der Waals surface area contributed by atoms with E-state index in [-0.39, 0.29) is 35.7 Å².